The predicted octanol–water partition coefficient (Wildman–Crippen LogP) is 4.86. The van der Waals surface area contributed by atoms with Gasteiger partial charge in [-0.05, 0) is 74.9 Å². The topological polar surface area (TPSA) is 91.8 Å². The minimum atomic E-state index is -0.555. The highest BCUT2D eigenvalue weighted by Gasteiger charge is 2.24. The molecule has 2 aromatic carbocycles. The smallest absolute Gasteiger partial charge is 0.407 e. The van der Waals surface area contributed by atoms with Crippen LogP contribution in [-0.2, 0) is 11.3 Å². The van der Waals surface area contributed by atoms with E-state index in [1.807, 2.05) is 0 Å². The first-order valence-electron chi connectivity index (χ1n) is 11.5. The summed E-state index contributed by atoms with van der Waals surface area (Å²) < 4.78 is 32.7. The van der Waals surface area contributed by atoms with Crippen LogP contribution in [0.5, 0.6) is 0 Å². The van der Waals surface area contributed by atoms with Crippen molar-refractivity contribution < 1.29 is 23.1 Å². The van der Waals surface area contributed by atoms with Crippen molar-refractivity contribution in [2.75, 3.05) is 6.61 Å². The molecule has 0 bridgehead atoms. The Hall–Kier alpha value is -3.20. The molecule has 0 atom stereocenters. The van der Waals surface area contributed by atoms with Crippen LogP contribution in [0.1, 0.15) is 54.1 Å². The minimum Gasteiger partial charge on any atom is -0.450 e. The highest BCUT2D eigenvalue weighted by molar-refractivity contribution is 6.30. The third-order valence-corrected chi connectivity index (χ3v) is 6.04. The van der Waals surface area contributed by atoms with Crippen molar-refractivity contribution in [3.8, 4) is 0 Å². The summed E-state index contributed by atoms with van der Waals surface area (Å²) in [7, 11) is 0. The third-order valence-electron chi connectivity index (χ3n) is 5.74. The van der Waals surface area contributed by atoms with Crippen LogP contribution in [0.4, 0.5) is 13.6 Å². The number of amides is 2. The quantitative estimate of drug-likeness (QED) is 0.385. The molecule has 10 heteroatoms. The molecule has 1 fully saturated rings. The number of aryl methyl sites for hydroxylation is 1. The van der Waals surface area contributed by atoms with Gasteiger partial charge >= 0.3 is 6.09 Å². The minimum absolute atomic E-state index is 0.00833. The van der Waals surface area contributed by atoms with Gasteiger partial charge in [0.2, 0.25) is 0 Å². The fourth-order valence-electron chi connectivity index (χ4n) is 3.76. The molecule has 1 aliphatic carbocycles. The maximum Gasteiger partial charge on any atom is 0.407 e. The highest BCUT2D eigenvalue weighted by Crippen LogP contribution is 2.19. The Kier molecular flexibility index (Phi) is 9.42. The molecule has 0 saturated heterocycles. The Morgan fingerprint density at radius 3 is 2.34 bits per heavy atom. The number of rotatable bonds is 6. The number of hydrogen-bond acceptors (Lipinski definition) is 4. The van der Waals surface area contributed by atoms with Gasteiger partial charge in [-0.2, -0.15) is 0 Å². The molecule has 0 heterocycles. The second kappa shape index (κ2) is 12.5. The second-order valence-electron chi connectivity index (χ2n) is 8.39. The van der Waals surface area contributed by atoms with Crippen molar-refractivity contribution in [3.63, 3.8) is 0 Å². The average Bonchev–Trinajstić information content (AvgIpc) is 2.82. The zero-order valence-corrected chi connectivity index (χ0v) is 20.4. The molecule has 0 aliphatic heterocycles. The summed E-state index contributed by atoms with van der Waals surface area (Å²) >= 11 is 5.75. The van der Waals surface area contributed by atoms with Gasteiger partial charge in [-0.1, -0.05) is 23.7 Å². The van der Waals surface area contributed by atoms with Crippen molar-refractivity contribution in [2.45, 2.75) is 58.2 Å². The monoisotopic (exact) mass is 506 g/mol. The van der Waals surface area contributed by atoms with Crippen molar-refractivity contribution in [2.24, 2.45) is 4.99 Å². The standard InChI is InChI=1S/C25H29ClF2N4O3/c1-3-35-25(34)31-19-9-7-18(8-10-19)30-24(29-14-16-5-11-20(26)22(28)12-16)32-23(33)17-6-4-15(2)21(27)13-17/h4-6,11-13,18-19H,3,7-10,14H2,1-2H3,(H,31,34)(H2,29,30,32,33). The normalized spacial score (nSPS) is 18.0. The van der Waals surface area contributed by atoms with Gasteiger partial charge in [-0.15, -0.1) is 0 Å². The van der Waals surface area contributed by atoms with E-state index in [4.69, 9.17) is 16.3 Å². The van der Waals surface area contributed by atoms with Gasteiger partial charge in [0, 0.05) is 17.6 Å². The number of nitrogens with one attached hydrogen (secondary N) is 3. The number of guanidine groups is 1. The number of benzene rings is 2. The Morgan fingerprint density at radius 1 is 1.03 bits per heavy atom. The number of carbonyl (C=O) groups excluding carboxylic acids is 2. The lowest BCUT2D eigenvalue weighted by molar-refractivity contribution is 0.0974. The maximum absolute atomic E-state index is 14.0. The molecule has 1 saturated carbocycles. The molecule has 0 radical (unpaired) electrons. The summed E-state index contributed by atoms with van der Waals surface area (Å²) in [6.07, 6.45) is 2.47. The van der Waals surface area contributed by atoms with Gasteiger partial charge in [0.05, 0.1) is 18.2 Å². The Bertz CT molecular complexity index is 1090. The van der Waals surface area contributed by atoms with Crippen LogP contribution in [-0.4, -0.2) is 36.7 Å². The van der Waals surface area contributed by atoms with Gasteiger partial charge in [-0.3, -0.25) is 10.1 Å². The van der Waals surface area contributed by atoms with Gasteiger partial charge in [-0.25, -0.2) is 18.6 Å². The molecule has 35 heavy (non-hydrogen) atoms. The first-order valence-corrected chi connectivity index (χ1v) is 11.9. The molecule has 1 aliphatic rings. The lowest BCUT2D eigenvalue weighted by Gasteiger charge is -2.30. The molecular formula is C25H29ClF2N4O3. The fourth-order valence-corrected chi connectivity index (χ4v) is 3.88. The first kappa shape index (κ1) is 26.4. The van der Waals surface area contributed by atoms with Gasteiger partial charge in [0.25, 0.3) is 5.91 Å². The second-order valence-corrected chi connectivity index (χ2v) is 8.80. The van der Waals surface area contributed by atoms with E-state index in [1.54, 1.807) is 19.9 Å². The van der Waals surface area contributed by atoms with E-state index in [1.165, 1.54) is 30.3 Å². The van der Waals surface area contributed by atoms with Gasteiger partial charge in [0.15, 0.2) is 5.96 Å². The largest absolute Gasteiger partial charge is 0.450 e. The van der Waals surface area contributed by atoms with Crippen LogP contribution in [0, 0.1) is 18.6 Å². The fraction of sp³-hybridized carbons (Fsp3) is 0.400. The summed E-state index contributed by atoms with van der Waals surface area (Å²) in [6.45, 7) is 3.77. The summed E-state index contributed by atoms with van der Waals surface area (Å²) in [4.78, 5) is 28.9. The molecule has 7 nitrogen and oxygen atoms in total. The van der Waals surface area contributed by atoms with Crippen LogP contribution in [0.3, 0.4) is 0 Å². The average molecular weight is 507 g/mol. The van der Waals surface area contributed by atoms with Crippen molar-refractivity contribution in [3.05, 3.63) is 69.7 Å². The summed E-state index contributed by atoms with van der Waals surface area (Å²) in [5, 5.41) is 8.80. The maximum atomic E-state index is 14.0. The Morgan fingerprint density at radius 2 is 1.71 bits per heavy atom. The zero-order valence-electron chi connectivity index (χ0n) is 19.7. The lowest BCUT2D eigenvalue weighted by atomic mass is 9.91. The summed E-state index contributed by atoms with van der Waals surface area (Å²) in [5.74, 6) is -1.35. The van der Waals surface area contributed by atoms with Gasteiger partial charge in [0.1, 0.15) is 11.6 Å². The molecule has 0 unspecified atom stereocenters. The molecule has 188 valence electrons. The van der Waals surface area contributed by atoms with E-state index >= 15 is 0 Å². The van der Waals surface area contributed by atoms with Crippen molar-refractivity contribution >= 4 is 29.6 Å². The van der Waals surface area contributed by atoms with E-state index in [9.17, 15) is 18.4 Å². The Labute approximate surface area is 208 Å². The van der Waals surface area contributed by atoms with Crippen LogP contribution in [0.15, 0.2) is 41.4 Å². The van der Waals surface area contributed by atoms with Gasteiger partial charge < -0.3 is 15.4 Å². The van der Waals surface area contributed by atoms with E-state index in [2.05, 4.69) is 20.9 Å². The number of carbonyl (C=O) groups is 2. The van der Waals surface area contributed by atoms with E-state index in [-0.39, 0.29) is 35.2 Å². The SMILES string of the molecule is CCOC(=O)NC1CCC(NC(=NCc2ccc(Cl)c(F)c2)NC(=O)c2ccc(C)c(F)c2)CC1. The van der Waals surface area contributed by atoms with Crippen LogP contribution >= 0.6 is 11.6 Å². The van der Waals surface area contributed by atoms with Crippen LogP contribution in [0.2, 0.25) is 5.02 Å². The predicted molar refractivity (Wildman–Crippen MR) is 130 cm³/mol. The molecular weight excluding hydrogens is 478 g/mol. The molecule has 0 spiro atoms. The van der Waals surface area contributed by atoms with E-state index in [0.717, 1.165) is 25.7 Å². The lowest BCUT2D eigenvalue weighted by Crippen LogP contribution is -2.49. The first-order chi connectivity index (χ1) is 16.7. The van der Waals surface area contributed by atoms with Crippen LogP contribution < -0.4 is 16.0 Å². The number of nitrogens with zero attached hydrogens (tertiary/aromatic N) is 1. The molecule has 2 amide bonds. The number of ether oxygens (including phenoxy) is 1. The summed E-state index contributed by atoms with van der Waals surface area (Å²) in [6, 6.07) is 8.61. The van der Waals surface area contributed by atoms with E-state index in [0.29, 0.717) is 17.7 Å². The molecule has 3 rings (SSSR count). The third kappa shape index (κ3) is 7.92. The summed E-state index contributed by atoms with van der Waals surface area (Å²) in [5.41, 5.74) is 1.16. The van der Waals surface area contributed by atoms with Crippen molar-refractivity contribution in [1.29, 1.82) is 0 Å². The number of halogens is 3. The molecule has 3 N–H and O–H groups in total. The number of aliphatic imine (C=N–C) groups is 1. The van der Waals surface area contributed by atoms with E-state index < -0.39 is 23.6 Å². The molecule has 2 aromatic rings. The highest BCUT2D eigenvalue weighted by atomic mass is 35.5. The zero-order chi connectivity index (χ0) is 25.4. The number of hydrogen-bond donors (Lipinski definition) is 3. The Balaban J connectivity index is 1.68. The van der Waals surface area contributed by atoms with Crippen LogP contribution in [0.25, 0.3) is 0 Å². The van der Waals surface area contributed by atoms with Crippen molar-refractivity contribution in [1.82, 2.24) is 16.0 Å². The molecule has 0 aromatic heterocycles. The number of alkyl carbamates (subject to hydrolysis) is 1.